The first-order valence-corrected chi connectivity index (χ1v) is 11.7. The summed E-state index contributed by atoms with van der Waals surface area (Å²) in [7, 11) is -3.92. The lowest BCUT2D eigenvalue weighted by Gasteiger charge is -2.27. The number of phenols is 1. The van der Waals surface area contributed by atoms with Gasteiger partial charge in [-0.15, -0.1) is 0 Å². The van der Waals surface area contributed by atoms with E-state index in [4.69, 9.17) is 5.11 Å². The molecule has 0 saturated heterocycles. The SMILES string of the molecule is Cc1cc(C)c(S(=O)(=O)N(Cc2cccc(O)c2)c2ccc(CCC(=O)O)cc2)c(C)c1. The minimum absolute atomic E-state index is 0.00636. The monoisotopic (exact) mass is 453 g/mol. The number of aryl methyl sites for hydroxylation is 4. The summed E-state index contributed by atoms with van der Waals surface area (Å²) in [6, 6.07) is 17.1. The van der Waals surface area contributed by atoms with Gasteiger partial charge >= 0.3 is 5.97 Å². The van der Waals surface area contributed by atoms with Crippen LogP contribution in [0.15, 0.2) is 65.6 Å². The number of carboxylic acid groups (broad SMARTS) is 1. The van der Waals surface area contributed by atoms with Crippen molar-refractivity contribution in [3.8, 4) is 5.75 Å². The number of carboxylic acids is 1. The fraction of sp³-hybridized carbons (Fsp3) is 0.240. The predicted molar refractivity (Wildman–Crippen MR) is 125 cm³/mol. The zero-order valence-corrected chi connectivity index (χ0v) is 19.2. The highest BCUT2D eigenvalue weighted by Gasteiger charge is 2.28. The summed E-state index contributed by atoms with van der Waals surface area (Å²) >= 11 is 0. The molecule has 0 amide bonds. The third-order valence-corrected chi connectivity index (χ3v) is 7.32. The summed E-state index contributed by atoms with van der Waals surface area (Å²) in [4.78, 5) is 11.1. The van der Waals surface area contributed by atoms with Crippen molar-refractivity contribution in [2.45, 2.75) is 45.1 Å². The number of sulfonamides is 1. The number of hydrogen-bond donors (Lipinski definition) is 2. The second kappa shape index (κ2) is 9.44. The minimum atomic E-state index is -3.92. The van der Waals surface area contributed by atoms with Crippen LogP contribution in [0.5, 0.6) is 5.75 Å². The van der Waals surface area contributed by atoms with Gasteiger partial charge < -0.3 is 10.2 Å². The van der Waals surface area contributed by atoms with Gasteiger partial charge in [0.25, 0.3) is 10.0 Å². The third kappa shape index (κ3) is 5.29. The van der Waals surface area contributed by atoms with Crippen LogP contribution in [-0.4, -0.2) is 24.6 Å². The van der Waals surface area contributed by atoms with Gasteiger partial charge in [0.05, 0.1) is 17.1 Å². The van der Waals surface area contributed by atoms with Crippen LogP contribution in [0.2, 0.25) is 0 Å². The molecule has 0 radical (unpaired) electrons. The Kier molecular flexibility index (Phi) is 6.89. The molecule has 0 spiro atoms. The molecule has 0 aliphatic carbocycles. The number of benzene rings is 3. The number of carbonyl (C=O) groups is 1. The Morgan fingerprint density at radius 3 is 2.09 bits per heavy atom. The summed E-state index contributed by atoms with van der Waals surface area (Å²) in [6.07, 6.45) is 0.373. The number of rotatable bonds is 8. The van der Waals surface area contributed by atoms with Crippen molar-refractivity contribution in [2.75, 3.05) is 4.31 Å². The largest absolute Gasteiger partial charge is 0.508 e. The quantitative estimate of drug-likeness (QED) is 0.514. The second-order valence-corrected chi connectivity index (χ2v) is 9.77. The topological polar surface area (TPSA) is 94.9 Å². The number of aliphatic carboxylic acids is 1. The molecule has 6 nitrogen and oxygen atoms in total. The van der Waals surface area contributed by atoms with Crippen LogP contribution in [0.25, 0.3) is 0 Å². The average Bonchev–Trinajstić information content (AvgIpc) is 2.70. The Morgan fingerprint density at radius 1 is 0.906 bits per heavy atom. The summed E-state index contributed by atoms with van der Waals surface area (Å²) in [5, 5.41) is 18.8. The average molecular weight is 454 g/mol. The standard InChI is InChI=1S/C25H27NO5S/c1-17-13-18(2)25(19(3)14-17)32(30,31)26(16-21-5-4-6-23(27)15-21)22-10-7-20(8-11-22)9-12-24(28)29/h4-8,10-11,13-15,27H,9,12,16H2,1-3H3,(H,28,29). The van der Waals surface area contributed by atoms with Crippen LogP contribution in [0.1, 0.15) is 34.2 Å². The van der Waals surface area contributed by atoms with Gasteiger partial charge in [-0.25, -0.2) is 8.42 Å². The van der Waals surface area contributed by atoms with Gasteiger partial charge in [-0.1, -0.05) is 42.0 Å². The highest BCUT2D eigenvalue weighted by molar-refractivity contribution is 7.92. The molecule has 3 aromatic rings. The van der Waals surface area contributed by atoms with Crippen molar-refractivity contribution in [3.05, 3.63) is 88.5 Å². The van der Waals surface area contributed by atoms with E-state index in [2.05, 4.69) is 0 Å². The molecule has 0 bridgehead atoms. The molecule has 0 atom stereocenters. The third-order valence-electron chi connectivity index (χ3n) is 5.24. The molecule has 0 unspecified atom stereocenters. The molecule has 0 aliphatic rings. The fourth-order valence-electron chi connectivity index (χ4n) is 3.90. The van der Waals surface area contributed by atoms with Crippen molar-refractivity contribution in [1.82, 2.24) is 0 Å². The summed E-state index contributed by atoms with van der Waals surface area (Å²) in [6.45, 7) is 5.54. The fourth-order valence-corrected chi connectivity index (χ4v) is 5.77. The van der Waals surface area contributed by atoms with Crippen molar-refractivity contribution in [2.24, 2.45) is 0 Å². The Balaban J connectivity index is 2.08. The lowest BCUT2D eigenvalue weighted by Crippen LogP contribution is -2.31. The predicted octanol–water partition coefficient (Wildman–Crippen LogP) is 4.73. The van der Waals surface area contributed by atoms with E-state index in [0.29, 0.717) is 28.8 Å². The normalized spacial score (nSPS) is 11.3. The maximum Gasteiger partial charge on any atom is 0.303 e. The van der Waals surface area contributed by atoms with E-state index < -0.39 is 16.0 Å². The molecule has 2 N–H and O–H groups in total. The first-order valence-electron chi connectivity index (χ1n) is 10.3. The van der Waals surface area contributed by atoms with Crippen molar-refractivity contribution in [1.29, 1.82) is 0 Å². The van der Waals surface area contributed by atoms with Crippen LogP contribution < -0.4 is 4.31 Å². The van der Waals surface area contributed by atoms with E-state index in [1.807, 2.05) is 19.1 Å². The number of aromatic hydroxyl groups is 1. The maximum absolute atomic E-state index is 13.9. The lowest BCUT2D eigenvalue weighted by molar-refractivity contribution is -0.136. The number of hydrogen-bond acceptors (Lipinski definition) is 4. The molecule has 0 heterocycles. The second-order valence-electron chi connectivity index (χ2n) is 7.97. The summed E-state index contributed by atoms with van der Waals surface area (Å²) < 4.78 is 29.0. The maximum atomic E-state index is 13.9. The van der Waals surface area contributed by atoms with Gasteiger partial charge in [-0.3, -0.25) is 9.10 Å². The molecular weight excluding hydrogens is 426 g/mol. The van der Waals surface area contributed by atoms with Crippen molar-refractivity contribution < 1.29 is 23.4 Å². The Labute approximate surface area is 188 Å². The molecule has 3 aromatic carbocycles. The van der Waals surface area contributed by atoms with E-state index in [1.54, 1.807) is 56.3 Å². The van der Waals surface area contributed by atoms with Crippen LogP contribution in [0.3, 0.4) is 0 Å². The molecule has 3 rings (SSSR count). The highest BCUT2D eigenvalue weighted by atomic mass is 32.2. The van der Waals surface area contributed by atoms with E-state index in [9.17, 15) is 18.3 Å². The molecular formula is C25H27NO5S. The van der Waals surface area contributed by atoms with E-state index in [1.165, 1.54) is 10.4 Å². The zero-order chi connectivity index (χ0) is 23.5. The summed E-state index contributed by atoms with van der Waals surface area (Å²) in [5.74, 6) is -0.820. The number of anilines is 1. The Morgan fingerprint density at radius 2 is 1.53 bits per heavy atom. The molecule has 7 heteroatoms. The van der Waals surface area contributed by atoms with E-state index in [-0.39, 0.29) is 23.6 Å². The smallest absolute Gasteiger partial charge is 0.303 e. The van der Waals surface area contributed by atoms with Gasteiger partial charge in [0, 0.05) is 6.42 Å². The van der Waals surface area contributed by atoms with Gasteiger partial charge in [-0.2, -0.15) is 0 Å². The van der Waals surface area contributed by atoms with E-state index in [0.717, 1.165) is 11.1 Å². The Bertz CT molecular complexity index is 1210. The van der Waals surface area contributed by atoms with E-state index >= 15 is 0 Å². The molecule has 0 fully saturated rings. The highest BCUT2D eigenvalue weighted by Crippen LogP contribution is 2.31. The van der Waals surface area contributed by atoms with Gasteiger partial charge in [0.2, 0.25) is 0 Å². The number of nitrogens with zero attached hydrogens (tertiary/aromatic N) is 1. The number of phenolic OH excluding ortho intramolecular Hbond substituents is 1. The van der Waals surface area contributed by atoms with Crippen molar-refractivity contribution >= 4 is 21.7 Å². The molecule has 32 heavy (non-hydrogen) atoms. The molecule has 168 valence electrons. The lowest BCUT2D eigenvalue weighted by atomic mass is 10.1. The summed E-state index contributed by atoms with van der Waals surface area (Å²) in [5.41, 5.74) is 4.25. The molecule has 0 saturated carbocycles. The molecule has 0 aliphatic heterocycles. The van der Waals surface area contributed by atoms with Gasteiger partial charge in [-0.05, 0) is 73.7 Å². The van der Waals surface area contributed by atoms with Crippen LogP contribution in [0.4, 0.5) is 5.69 Å². The first kappa shape index (κ1) is 23.3. The molecule has 0 aromatic heterocycles. The van der Waals surface area contributed by atoms with Crippen molar-refractivity contribution in [3.63, 3.8) is 0 Å². The van der Waals surface area contributed by atoms with Crippen LogP contribution in [-0.2, 0) is 27.8 Å². The van der Waals surface area contributed by atoms with Crippen LogP contribution in [0, 0.1) is 20.8 Å². The Hall–Kier alpha value is -3.32. The van der Waals surface area contributed by atoms with Gasteiger partial charge in [0.1, 0.15) is 5.75 Å². The minimum Gasteiger partial charge on any atom is -0.508 e. The first-order chi connectivity index (χ1) is 15.1. The van der Waals surface area contributed by atoms with Crippen LogP contribution >= 0.6 is 0 Å². The van der Waals surface area contributed by atoms with Gasteiger partial charge in [0.15, 0.2) is 0 Å². The zero-order valence-electron chi connectivity index (χ0n) is 18.4.